The first-order valence-electron chi connectivity index (χ1n) is 12.4. The summed E-state index contributed by atoms with van der Waals surface area (Å²) < 4.78 is 5.38. The van der Waals surface area contributed by atoms with Crippen molar-refractivity contribution in [2.75, 3.05) is 32.5 Å². The highest BCUT2D eigenvalue weighted by atomic mass is 32.2. The molecule has 36 heavy (non-hydrogen) atoms. The third-order valence-corrected chi connectivity index (χ3v) is 7.97. The molecule has 3 heterocycles. The highest BCUT2D eigenvalue weighted by Gasteiger charge is 2.31. The van der Waals surface area contributed by atoms with E-state index in [1.54, 1.807) is 31.3 Å². The molecule has 0 bridgehead atoms. The van der Waals surface area contributed by atoms with Crippen LogP contribution in [0.15, 0.2) is 59.9 Å². The van der Waals surface area contributed by atoms with Crippen molar-refractivity contribution in [3.05, 3.63) is 60.4 Å². The van der Waals surface area contributed by atoms with Gasteiger partial charge in [-0.2, -0.15) is 5.48 Å². The largest absolute Gasteiger partial charge is 0.497 e. The molecule has 3 atom stereocenters. The van der Waals surface area contributed by atoms with E-state index < -0.39 is 5.97 Å². The van der Waals surface area contributed by atoms with Gasteiger partial charge < -0.3 is 20.0 Å². The Balaban J connectivity index is 1.38. The molecule has 4 rings (SSSR count). The normalized spacial score (nSPS) is 19.3. The third kappa shape index (κ3) is 6.94. The summed E-state index contributed by atoms with van der Waals surface area (Å²) in [7, 11) is 1.63. The van der Waals surface area contributed by atoms with Gasteiger partial charge in [-0.3, -0.25) is 9.78 Å². The molecule has 1 aliphatic rings. The number of benzene rings is 1. The molecule has 2 aromatic heterocycles. The summed E-state index contributed by atoms with van der Waals surface area (Å²) in [5, 5.41) is 21.5. The van der Waals surface area contributed by atoms with E-state index in [9.17, 15) is 15.1 Å². The zero-order chi connectivity index (χ0) is 25.3. The molecule has 1 fully saturated rings. The number of thioether (sulfide) groups is 1. The number of carbonyl (C=O) groups is 1. The lowest BCUT2D eigenvalue weighted by Crippen LogP contribution is -2.42. The number of likely N-dealkylation sites (tertiary alicyclic amines) is 1. The summed E-state index contributed by atoms with van der Waals surface area (Å²) >= 11 is 1.73. The van der Waals surface area contributed by atoms with Crippen LogP contribution < -0.4 is 10.2 Å². The number of carboxylic acid groups (broad SMARTS) is 1. The first-order valence-corrected chi connectivity index (χ1v) is 13.4. The summed E-state index contributed by atoms with van der Waals surface area (Å²) in [6.07, 6.45) is 6.21. The van der Waals surface area contributed by atoms with Crippen molar-refractivity contribution in [2.24, 2.45) is 11.8 Å². The predicted octanol–water partition coefficient (Wildman–Crippen LogP) is 4.64. The number of aromatic nitrogens is 2. The molecule has 1 unspecified atom stereocenters. The van der Waals surface area contributed by atoms with Crippen molar-refractivity contribution < 1.29 is 19.8 Å². The molecule has 3 N–H and O–H groups in total. The Morgan fingerprint density at radius 2 is 2.11 bits per heavy atom. The Kier molecular flexibility index (Phi) is 9.52. The van der Waals surface area contributed by atoms with Gasteiger partial charge in [-0.15, -0.1) is 11.8 Å². The SMILES string of the molecule is COc1ccc2nccc(C(CC[C@@H]3CCN(CCSc4ccccn4)C[C@@H]3CC(=O)O)NO)c2c1. The lowest BCUT2D eigenvalue weighted by atomic mass is 9.79. The summed E-state index contributed by atoms with van der Waals surface area (Å²) in [5.74, 6) is 1.29. The van der Waals surface area contributed by atoms with Crippen LogP contribution in [-0.4, -0.2) is 63.6 Å². The van der Waals surface area contributed by atoms with Crippen LogP contribution in [0.25, 0.3) is 10.9 Å². The molecule has 0 saturated carbocycles. The van der Waals surface area contributed by atoms with Crippen LogP contribution in [0.3, 0.4) is 0 Å². The second kappa shape index (κ2) is 13.0. The van der Waals surface area contributed by atoms with E-state index in [-0.39, 0.29) is 18.4 Å². The fourth-order valence-corrected chi connectivity index (χ4v) is 6.02. The fraction of sp³-hybridized carbons (Fsp3) is 0.444. The summed E-state index contributed by atoms with van der Waals surface area (Å²) in [6, 6.07) is 13.3. The summed E-state index contributed by atoms with van der Waals surface area (Å²) in [5.41, 5.74) is 4.29. The number of pyridine rings is 2. The standard InChI is InChI=1S/C27H34N4O4S/c1-35-21-6-8-24-23(17-21)22(9-12-28-24)25(30-34)7-5-19-10-13-31(18-20(19)16-27(32)33)14-15-36-26-4-2-3-11-29-26/h2-4,6,8-9,11-12,17,19-20,25,30,34H,5,7,10,13-16,18H2,1H3,(H,32,33)/t19-,20+,25?/m1/s1. The number of methoxy groups -OCH3 is 1. The molecule has 0 amide bonds. The van der Waals surface area contributed by atoms with E-state index in [0.717, 1.165) is 65.5 Å². The Bertz CT molecular complexity index is 1130. The molecule has 3 aromatic rings. The van der Waals surface area contributed by atoms with Gasteiger partial charge in [-0.1, -0.05) is 6.07 Å². The number of aliphatic carboxylic acids is 1. The number of nitrogens with zero attached hydrogens (tertiary/aromatic N) is 3. The molecule has 0 radical (unpaired) electrons. The van der Waals surface area contributed by atoms with Crippen LogP contribution in [0.4, 0.5) is 0 Å². The molecule has 1 saturated heterocycles. The van der Waals surface area contributed by atoms with Crippen molar-refractivity contribution in [1.82, 2.24) is 20.3 Å². The first-order chi connectivity index (χ1) is 17.6. The zero-order valence-electron chi connectivity index (χ0n) is 20.5. The third-order valence-electron chi connectivity index (χ3n) is 7.05. The molecule has 1 aliphatic heterocycles. The molecular formula is C27H34N4O4S. The van der Waals surface area contributed by atoms with Crippen molar-refractivity contribution in [2.45, 2.75) is 36.8 Å². The zero-order valence-corrected chi connectivity index (χ0v) is 21.4. The van der Waals surface area contributed by atoms with Crippen LogP contribution in [-0.2, 0) is 4.79 Å². The number of carboxylic acids is 1. The maximum atomic E-state index is 11.6. The number of hydroxylamine groups is 1. The van der Waals surface area contributed by atoms with Crippen molar-refractivity contribution in [3.63, 3.8) is 0 Å². The minimum absolute atomic E-state index is 0.0877. The smallest absolute Gasteiger partial charge is 0.303 e. The highest BCUT2D eigenvalue weighted by molar-refractivity contribution is 7.99. The Labute approximate surface area is 216 Å². The van der Waals surface area contributed by atoms with E-state index in [1.807, 2.05) is 42.5 Å². The molecule has 8 nitrogen and oxygen atoms in total. The monoisotopic (exact) mass is 510 g/mol. The van der Waals surface area contributed by atoms with Crippen molar-refractivity contribution in [1.29, 1.82) is 0 Å². The molecular weight excluding hydrogens is 476 g/mol. The van der Waals surface area contributed by atoms with Gasteiger partial charge in [0, 0.05) is 43.0 Å². The number of piperidine rings is 1. The van der Waals surface area contributed by atoms with Gasteiger partial charge in [0.2, 0.25) is 0 Å². The van der Waals surface area contributed by atoms with Gasteiger partial charge in [-0.05, 0) is 79.6 Å². The van der Waals surface area contributed by atoms with Gasteiger partial charge in [-0.25, -0.2) is 4.98 Å². The van der Waals surface area contributed by atoms with Gasteiger partial charge in [0.05, 0.1) is 23.7 Å². The molecule has 192 valence electrons. The topological polar surface area (TPSA) is 108 Å². The van der Waals surface area contributed by atoms with Gasteiger partial charge in [0.25, 0.3) is 0 Å². The van der Waals surface area contributed by atoms with E-state index in [4.69, 9.17) is 4.74 Å². The molecule has 0 spiro atoms. The van der Waals surface area contributed by atoms with E-state index in [1.165, 1.54) is 0 Å². The number of hydrogen-bond donors (Lipinski definition) is 3. The van der Waals surface area contributed by atoms with Crippen LogP contribution in [0.5, 0.6) is 5.75 Å². The number of rotatable bonds is 12. The number of ether oxygens (including phenoxy) is 1. The lowest BCUT2D eigenvalue weighted by Gasteiger charge is -2.38. The van der Waals surface area contributed by atoms with Crippen LogP contribution in [0.2, 0.25) is 0 Å². The molecule has 1 aromatic carbocycles. The average Bonchev–Trinajstić information content (AvgIpc) is 2.90. The minimum Gasteiger partial charge on any atom is -0.497 e. The van der Waals surface area contributed by atoms with Crippen LogP contribution in [0, 0.1) is 11.8 Å². The second-order valence-corrected chi connectivity index (χ2v) is 10.4. The quantitative estimate of drug-likeness (QED) is 0.237. The number of hydrogen-bond acceptors (Lipinski definition) is 8. The maximum absolute atomic E-state index is 11.6. The molecule has 9 heteroatoms. The van der Waals surface area contributed by atoms with Crippen molar-refractivity contribution in [3.8, 4) is 5.75 Å². The first kappa shape index (κ1) is 26.3. The Morgan fingerprint density at radius 1 is 1.22 bits per heavy atom. The summed E-state index contributed by atoms with van der Waals surface area (Å²) in [6.45, 7) is 2.65. The van der Waals surface area contributed by atoms with Crippen molar-refractivity contribution >= 4 is 28.6 Å². The van der Waals surface area contributed by atoms with Crippen LogP contribution in [0.1, 0.15) is 37.3 Å². The van der Waals surface area contributed by atoms with Gasteiger partial charge in [0.15, 0.2) is 0 Å². The second-order valence-electron chi connectivity index (χ2n) is 9.27. The number of nitrogens with one attached hydrogen (secondary N) is 1. The minimum atomic E-state index is -0.751. The van der Waals surface area contributed by atoms with Gasteiger partial charge >= 0.3 is 5.97 Å². The van der Waals surface area contributed by atoms with E-state index in [2.05, 4.69) is 20.3 Å². The summed E-state index contributed by atoms with van der Waals surface area (Å²) in [4.78, 5) is 22.8. The Hall–Kier alpha value is -2.72. The average molecular weight is 511 g/mol. The molecule has 0 aliphatic carbocycles. The van der Waals surface area contributed by atoms with E-state index >= 15 is 0 Å². The van der Waals surface area contributed by atoms with E-state index in [0.29, 0.717) is 12.3 Å². The highest BCUT2D eigenvalue weighted by Crippen LogP contribution is 2.35. The fourth-order valence-electron chi connectivity index (χ4n) is 5.15. The van der Waals surface area contributed by atoms with Crippen LogP contribution >= 0.6 is 11.8 Å². The predicted molar refractivity (Wildman–Crippen MR) is 140 cm³/mol. The number of fused-ring (bicyclic) bond motifs is 1. The van der Waals surface area contributed by atoms with Gasteiger partial charge in [0.1, 0.15) is 5.75 Å². The Morgan fingerprint density at radius 3 is 2.86 bits per heavy atom. The lowest BCUT2D eigenvalue weighted by molar-refractivity contribution is -0.139. The maximum Gasteiger partial charge on any atom is 0.303 e.